The van der Waals surface area contributed by atoms with Crippen molar-refractivity contribution in [3.63, 3.8) is 0 Å². The van der Waals surface area contributed by atoms with Gasteiger partial charge in [-0.1, -0.05) is 84.0 Å². The first-order chi connectivity index (χ1) is 11.2. The lowest BCUT2D eigenvalue weighted by molar-refractivity contribution is 1.13. The standard InChI is InChI=1S/C22H26S/c1-19(17-21-9-5-3-6-10-21)13-15-23-16-14-20(2)18-22-11-7-4-8-12-22/h3-14H,15-18H2,1-2H3. The molecule has 0 spiro atoms. The van der Waals surface area contributed by atoms with Crippen LogP contribution in [-0.2, 0) is 12.8 Å². The van der Waals surface area contributed by atoms with Crippen LogP contribution < -0.4 is 0 Å². The topological polar surface area (TPSA) is 0 Å². The van der Waals surface area contributed by atoms with Crippen LogP contribution >= 0.6 is 11.8 Å². The van der Waals surface area contributed by atoms with Gasteiger partial charge in [0, 0.05) is 11.5 Å². The maximum atomic E-state index is 2.36. The van der Waals surface area contributed by atoms with E-state index in [2.05, 4.69) is 86.7 Å². The van der Waals surface area contributed by atoms with Crippen molar-refractivity contribution in [1.29, 1.82) is 0 Å². The van der Waals surface area contributed by atoms with Crippen LogP contribution in [0.3, 0.4) is 0 Å². The van der Waals surface area contributed by atoms with Crippen molar-refractivity contribution in [2.24, 2.45) is 0 Å². The molecular formula is C22H26S. The predicted molar refractivity (Wildman–Crippen MR) is 105 cm³/mol. The molecule has 0 aromatic heterocycles. The lowest BCUT2D eigenvalue weighted by Crippen LogP contribution is -1.89. The zero-order chi connectivity index (χ0) is 16.3. The van der Waals surface area contributed by atoms with E-state index in [-0.39, 0.29) is 0 Å². The van der Waals surface area contributed by atoms with Gasteiger partial charge in [0.25, 0.3) is 0 Å². The molecular weight excluding hydrogens is 296 g/mol. The summed E-state index contributed by atoms with van der Waals surface area (Å²) in [7, 11) is 0. The third kappa shape index (κ3) is 7.38. The first kappa shape index (κ1) is 17.6. The summed E-state index contributed by atoms with van der Waals surface area (Å²) in [5, 5.41) is 0. The Morgan fingerprint density at radius 2 is 1.09 bits per heavy atom. The Kier molecular flexibility index (Phi) is 7.75. The highest BCUT2D eigenvalue weighted by Crippen LogP contribution is 2.12. The molecule has 0 N–H and O–H groups in total. The van der Waals surface area contributed by atoms with Crippen LogP contribution in [0.2, 0.25) is 0 Å². The lowest BCUT2D eigenvalue weighted by atomic mass is 10.1. The minimum absolute atomic E-state index is 1.06. The minimum atomic E-state index is 1.06. The van der Waals surface area contributed by atoms with Gasteiger partial charge in [0.05, 0.1) is 0 Å². The number of benzene rings is 2. The molecule has 2 aromatic carbocycles. The van der Waals surface area contributed by atoms with E-state index in [1.807, 2.05) is 11.8 Å². The second-order valence-electron chi connectivity index (χ2n) is 5.96. The van der Waals surface area contributed by atoms with Crippen molar-refractivity contribution in [2.75, 3.05) is 11.5 Å². The molecule has 0 fully saturated rings. The maximum absolute atomic E-state index is 2.36. The Morgan fingerprint density at radius 1 is 0.696 bits per heavy atom. The molecule has 0 unspecified atom stereocenters. The molecule has 0 aliphatic carbocycles. The number of hydrogen-bond acceptors (Lipinski definition) is 1. The van der Waals surface area contributed by atoms with Gasteiger partial charge in [-0.25, -0.2) is 0 Å². The van der Waals surface area contributed by atoms with E-state index in [1.54, 1.807) is 0 Å². The van der Waals surface area contributed by atoms with Crippen LogP contribution in [0.15, 0.2) is 84.0 Å². The highest BCUT2D eigenvalue weighted by Gasteiger charge is 1.95. The highest BCUT2D eigenvalue weighted by atomic mass is 32.2. The van der Waals surface area contributed by atoms with E-state index >= 15 is 0 Å². The summed E-state index contributed by atoms with van der Waals surface area (Å²) >= 11 is 1.98. The van der Waals surface area contributed by atoms with Crippen LogP contribution in [0.4, 0.5) is 0 Å². The van der Waals surface area contributed by atoms with Gasteiger partial charge in [-0.2, -0.15) is 11.8 Å². The first-order valence-electron chi connectivity index (χ1n) is 8.21. The van der Waals surface area contributed by atoms with E-state index in [9.17, 15) is 0 Å². The average Bonchev–Trinajstić information content (AvgIpc) is 2.56. The normalized spacial score (nSPS) is 12.4. The smallest absolute Gasteiger partial charge is 0.0119 e. The Morgan fingerprint density at radius 3 is 1.48 bits per heavy atom. The molecule has 23 heavy (non-hydrogen) atoms. The molecule has 0 aliphatic rings. The molecule has 0 amide bonds. The molecule has 120 valence electrons. The summed E-state index contributed by atoms with van der Waals surface area (Å²) in [6.07, 6.45) is 6.84. The number of rotatable bonds is 8. The second kappa shape index (κ2) is 10.1. The summed E-state index contributed by atoms with van der Waals surface area (Å²) in [5.74, 6) is 2.18. The minimum Gasteiger partial charge on any atom is -0.154 e. The van der Waals surface area contributed by atoms with Gasteiger partial charge < -0.3 is 0 Å². The van der Waals surface area contributed by atoms with Crippen LogP contribution in [0.1, 0.15) is 25.0 Å². The number of allylic oxidation sites excluding steroid dienone is 2. The van der Waals surface area contributed by atoms with Crippen molar-refractivity contribution >= 4 is 11.8 Å². The van der Waals surface area contributed by atoms with Crippen LogP contribution in [0, 0.1) is 0 Å². The molecule has 0 radical (unpaired) electrons. The summed E-state index contributed by atoms with van der Waals surface area (Å²) in [4.78, 5) is 0. The quantitative estimate of drug-likeness (QED) is 0.418. The molecule has 0 saturated carbocycles. The lowest BCUT2D eigenvalue weighted by Gasteiger charge is -2.03. The third-order valence-electron chi connectivity index (χ3n) is 3.75. The first-order valence-corrected chi connectivity index (χ1v) is 9.36. The summed E-state index contributed by atoms with van der Waals surface area (Å²) < 4.78 is 0. The molecule has 0 saturated heterocycles. The zero-order valence-electron chi connectivity index (χ0n) is 14.2. The molecule has 1 heteroatoms. The van der Waals surface area contributed by atoms with Crippen molar-refractivity contribution < 1.29 is 0 Å². The van der Waals surface area contributed by atoms with E-state index in [1.165, 1.54) is 22.3 Å². The Labute approximate surface area is 145 Å². The predicted octanol–water partition coefficient (Wildman–Crippen LogP) is 6.10. The Balaban J connectivity index is 1.68. The SMILES string of the molecule is CC(=CCSCC=C(C)Cc1ccccc1)Cc1ccccc1. The second-order valence-corrected chi connectivity index (χ2v) is 7.04. The molecule has 2 rings (SSSR count). The van der Waals surface area contributed by atoms with E-state index in [0.29, 0.717) is 0 Å². The van der Waals surface area contributed by atoms with Crippen molar-refractivity contribution in [1.82, 2.24) is 0 Å². The Bertz CT molecular complexity index is 566. The van der Waals surface area contributed by atoms with Crippen LogP contribution in [0.25, 0.3) is 0 Å². The van der Waals surface area contributed by atoms with Gasteiger partial charge >= 0.3 is 0 Å². The fraction of sp³-hybridized carbons (Fsp3) is 0.273. The van der Waals surface area contributed by atoms with Gasteiger partial charge in [-0.15, -0.1) is 0 Å². The average molecular weight is 323 g/mol. The van der Waals surface area contributed by atoms with Gasteiger partial charge in [0.1, 0.15) is 0 Å². The van der Waals surface area contributed by atoms with Gasteiger partial charge in [0.15, 0.2) is 0 Å². The molecule has 2 aromatic rings. The number of thioether (sulfide) groups is 1. The molecule has 0 atom stereocenters. The van der Waals surface area contributed by atoms with Gasteiger partial charge in [0.2, 0.25) is 0 Å². The largest absolute Gasteiger partial charge is 0.154 e. The monoisotopic (exact) mass is 322 g/mol. The van der Waals surface area contributed by atoms with E-state index < -0.39 is 0 Å². The van der Waals surface area contributed by atoms with Crippen molar-refractivity contribution in [3.05, 3.63) is 95.1 Å². The molecule has 0 bridgehead atoms. The summed E-state index contributed by atoms with van der Waals surface area (Å²) in [6.45, 7) is 4.45. The highest BCUT2D eigenvalue weighted by molar-refractivity contribution is 7.99. The third-order valence-corrected chi connectivity index (χ3v) is 4.56. The fourth-order valence-electron chi connectivity index (χ4n) is 2.45. The van der Waals surface area contributed by atoms with E-state index in [0.717, 1.165) is 24.3 Å². The maximum Gasteiger partial charge on any atom is 0.0119 e. The zero-order valence-corrected chi connectivity index (χ0v) is 15.0. The fourth-order valence-corrected chi connectivity index (χ4v) is 3.39. The summed E-state index contributed by atoms with van der Waals surface area (Å²) in [6, 6.07) is 21.4. The molecule has 0 heterocycles. The van der Waals surface area contributed by atoms with Gasteiger partial charge in [-0.3, -0.25) is 0 Å². The van der Waals surface area contributed by atoms with Crippen molar-refractivity contribution in [2.45, 2.75) is 26.7 Å². The number of hydrogen-bond donors (Lipinski definition) is 0. The van der Waals surface area contributed by atoms with Crippen LogP contribution in [0.5, 0.6) is 0 Å². The molecule has 0 aliphatic heterocycles. The van der Waals surface area contributed by atoms with Gasteiger partial charge in [-0.05, 0) is 37.8 Å². The van der Waals surface area contributed by atoms with Crippen LogP contribution in [-0.4, -0.2) is 11.5 Å². The van der Waals surface area contributed by atoms with E-state index in [4.69, 9.17) is 0 Å². The van der Waals surface area contributed by atoms with Crippen molar-refractivity contribution in [3.8, 4) is 0 Å². The summed E-state index contributed by atoms with van der Waals surface area (Å²) in [5.41, 5.74) is 5.69. The molecule has 0 nitrogen and oxygen atoms in total. The Hall–Kier alpha value is -1.73.